The molecule has 0 heteroatoms. The van der Waals surface area contributed by atoms with Crippen LogP contribution in [0.2, 0.25) is 0 Å². The van der Waals surface area contributed by atoms with Gasteiger partial charge >= 0.3 is 0 Å². The van der Waals surface area contributed by atoms with Gasteiger partial charge in [-0.1, -0.05) is 121 Å². The number of rotatable bonds is 4. The maximum absolute atomic E-state index is 3.94. The number of hydrogen-bond acceptors (Lipinski definition) is 0. The molecule has 0 N–H and O–H groups in total. The Kier molecular flexibility index (Phi) is 6.59. The normalized spacial score (nSPS) is 11.4. The molecule has 0 saturated carbocycles. The van der Waals surface area contributed by atoms with Crippen molar-refractivity contribution in [3.05, 3.63) is 127 Å². The fraction of sp³-hybridized carbons (Fsp3) is 0.0714. The largest absolute Gasteiger partial charge is 0.0990 e. The molecule has 0 bridgehead atoms. The standard InChI is InChI=1S/C28H26/c1-4-13-24(14-5-2)28-26(23-15-10-8-11-16-23)18-12-7-6-9-17-25-21-22(3)19-20-27(25)28/h4-21H,1H2,2-3H3/b7-6?,9-6?,12-7?,14-5-,17-9?,18-12?,24-13+,25-17?,26-18?,28-26?,28-27?. The Balaban J connectivity index is 2.59. The van der Waals surface area contributed by atoms with Gasteiger partial charge in [0.2, 0.25) is 0 Å². The van der Waals surface area contributed by atoms with Crippen LogP contribution >= 0.6 is 0 Å². The van der Waals surface area contributed by atoms with E-state index in [2.05, 4.69) is 117 Å². The van der Waals surface area contributed by atoms with Gasteiger partial charge in [0, 0.05) is 0 Å². The number of fused-ring (bicyclic) bond motifs is 1. The van der Waals surface area contributed by atoms with E-state index in [0.29, 0.717) is 0 Å². The third kappa shape index (κ3) is 4.47. The van der Waals surface area contributed by atoms with Crippen LogP contribution in [-0.4, -0.2) is 0 Å². The highest BCUT2D eigenvalue weighted by molar-refractivity contribution is 6.01. The molecule has 0 unspecified atom stereocenters. The Bertz CT molecular complexity index is 1080. The van der Waals surface area contributed by atoms with Gasteiger partial charge in [-0.2, -0.15) is 0 Å². The average Bonchev–Trinajstić information content (AvgIpc) is 2.71. The lowest BCUT2D eigenvalue weighted by atomic mass is 9.91. The van der Waals surface area contributed by atoms with Gasteiger partial charge in [-0.3, -0.25) is 0 Å². The van der Waals surface area contributed by atoms with Crippen LogP contribution in [0.25, 0.3) is 27.5 Å². The van der Waals surface area contributed by atoms with Gasteiger partial charge in [-0.05, 0) is 46.9 Å². The van der Waals surface area contributed by atoms with Gasteiger partial charge in [-0.15, -0.1) is 0 Å². The Morgan fingerprint density at radius 1 is 0.821 bits per heavy atom. The molecule has 0 nitrogen and oxygen atoms in total. The molecule has 0 fully saturated rings. The summed E-state index contributed by atoms with van der Waals surface area (Å²) in [5.41, 5.74) is 5.98. The molecule has 28 heavy (non-hydrogen) atoms. The van der Waals surface area contributed by atoms with Crippen molar-refractivity contribution in [1.82, 2.24) is 0 Å². The fourth-order valence-electron chi connectivity index (χ4n) is 3.41. The monoisotopic (exact) mass is 362 g/mol. The summed E-state index contributed by atoms with van der Waals surface area (Å²) in [6.07, 6.45) is 8.18. The second kappa shape index (κ2) is 9.53. The van der Waals surface area contributed by atoms with Crippen molar-refractivity contribution in [2.45, 2.75) is 13.8 Å². The van der Waals surface area contributed by atoms with E-state index in [1.54, 1.807) is 0 Å². The Morgan fingerprint density at radius 3 is 2.21 bits per heavy atom. The molecule has 3 rings (SSSR count). The lowest BCUT2D eigenvalue weighted by molar-refractivity contribution is 1.50. The van der Waals surface area contributed by atoms with Crippen molar-refractivity contribution in [2.75, 3.05) is 0 Å². The maximum Gasteiger partial charge on any atom is -0.00269 e. The number of aryl methyl sites for hydroxylation is 1. The van der Waals surface area contributed by atoms with Crippen molar-refractivity contribution < 1.29 is 0 Å². The highest BCUT2D eigenvalue weighted by Gasteiger charge is 2.10. The smallest absolute Gasteiger partial charge is 0.00269 e. The molecule has 0 amide bonds. The Labute approximate surface area is 168 Å². The number of benzene rings is 2. The summed E-state index contributed by atoms with van der Waals surface area (Å²) in [6.45, 7) is 8.13. The molecule has 0 radical (unpaired) electrons. The van der Waals surface area contributed by atoms with Gasteiger partial charge < -0.3 is 0 Å². The van der Waals surface area contributed by atoms with Crippen molar-refractivity contribution in [1.29, 1.82) is 0 Å². The molecule has 0 atom stereocenters. The lowest BCUT2D eigenvalue weighted by Gasteiger charge is -2.13. The third-order valence-electron chi connectivity index (χ3n) is 4.63. The molecule has 138 valence electrons. The van der Waals surface area contributed by atoms with E-state index in [1.165, 1.54) is 33.0 Å². The summed E-state index contributed by atoms with van der Waals surface area (Å²) in [5.74, 6) is 0. The second-order valence-corrected chi connectivity index (χ2v) is 6.71. The first-order valence-corrected chi connectivity index (χ1v) is 9.62. The van der Waals surface area contributed by atoms with Crippen molar-refractivity contribution in [3.8, 4) is 11.1 Å². The molecular weight excluding hydrogens is 336 g/mol. The Hall–Kier alpha value is -3.38. The van der Waals surface area contributed by atoms with E-state index in [-0.39, 0.29) is 0 Å². The summed E-state index contributed by atoms with van der Waals surface area (Å²) < 4.78 is 0. The summed E-state index contributed by atoms with van der Waals surface area (Å²) in [5, 5.41) is 2.43. The zero-order chi connectivity index (χ0) is 19.8. The lowest BCUT2D eigenvalue weighted by Crippen LogP contribution is -1.89. The summed E-state index contributed by atoms with van der Waals surface area (Å²) in [6, 6.07) is 30.0. The zero-order valence-corrected chi connectivity index (χ0v) is 16.6. The predicted octanol–water partition coefficient (Wildman–Crippen LogP) is 8.09. The fourth-order valence-corrected chi connectivity index (χ4v) is 3.41. The van der Waals surface area contributed by atoms with Crippen LogP contribution in [0.4, 0.5) is 0 Å². The van der Waals surface area contributed by atoms with Crippen LogP contribution in [0.5, 0.6) is 0 Å². The van der Waals surface area contributed by atoms with Crippen molar-refractivity contribution >= 4 is 16.3 Å². The van der Waals surface area contributed by atoms with Crippen LogP contribution in [0.3, 0.4) is 0 Å². The van der Waals surface area contributed by atoms with E-state index < -0.39 is 0 Å². The highest BCUT2D eigenvalue weighted by atomic mass is 14.1. The molecule has 0 aliphatic rings. The summed E-state index contributed by atoms with van der Waals surface area (Å²) >= 11 is 0. The van der Waals surface area contributed by atoms with Crippen LogP contribution in [0.1, 0.15) is 18.1 Å². The average molecular weight is 363 g/mol. The summed E-state index contributed by atoms with van der Waals surface area (Å²) in [7, 11) is 0. The van der Waals surface area contributed by atoms with Gasteiger partial charge in [-0.25, -0.2) is 0 Å². The van der Waals surface area contributed by atoms with E-state index >= 15 is 0 Å². The third-order valence-corrected chi connectivity index (χ3v) is 4.63. The number of allylic oxidation sites excluding steroid dienone is 5. The predicted molar refractivity (Wildman–Crippen MR) is 125 cm³/mol. The van der Waals surface area contributed by atoms with Crippen molar-refractivity contribution in [2.24, 2.45) is 0 Å². The minimum atomic E-state index is 1.14. The van der Waals surface area contributed by atoms with Crippen LogP contribution < -0.4 is 0 Å². The van der Waals surface area contributed by atoms with Gasteiger partial charge in [0.1, 0.15) is 0 Å². The summed E-state index contributed by atoms with van der Waals surface area (Å²) in [4.78, 5) is 0. The molecule has 0 aromatic heterocycles. The SMILES string of the molecule is C=C/C=C(\C=C/C)c1c(-c2ccccc2)ccccccc2cc(C)ccc12. The van der Waals surface area contributed by atoms with E-state index in [1.807, 2.05) is 13.0 Å². The van der Waals surface area contributed by atoms with Crippen LogP contribution in [-0.2, 0) is 0 Å². The molecule has 0 heterocycles. The first-order chi connectivity index (χ1) is 13.7. The quantitative estimate of drug-likeness (QED) is 0.411. The molecule has 0 aliphatic heterocycles. The molecule has 0 spiro atoms. The van der Waals surface area contributed by atoms with E-state index in [4.69, 9.17) is 0 Å². The molecule has 3 aromatic rings. The minimum Gasteiger partial charge on any atom is -0.0990 e. The van der Waals surface area contributed by atoms with Gasteiger partial charge in [0.05, 0.1) is 0 Å². The number of hydrogen-bond donors (Lipinski definition) is 0. The zero-order valence-electron chi connectivity index (χ0n) is 16.6. The highest BCUT2D eigenvalue weighted by Crippen LogP contribution is 2.34. The second-order valence-electron chi connectivity index (χ2n) is 6.71. The van der Waals surface area contributed by atoms with Gasteiger partial charge in [0.15, 0.2) is 0 Å². The van der Waals surface area contributed by atoms with Crippen LogP contribution in [0, 0.1) is 6.92 Å². The van der Waals surface area contributed by atoms with E-state index in [9.17, 15) is 0 Å². The molecule has 3 aromatic carbocycles. The Morgan fingerprint density at radius 2 is 1.50 bits per heavy atom. The maximum atomic E-state index is 3.94. The topological polar surface area (TPSA) is 0 Å². The van der Waals surface area contributed by atoms with Gasteiger partial charge in [0.25, 0.3) is 0 Å². The molecule has 0 aliphatic carbocycles. The van der Waals surface area contributed by atoms with Crippen LogP contribution in [0.15, 0.2) is 116 Å². The molecular formula is C28H26. The minimum absolute atomic E-state index is 1.14. The first kappa shape index (κ1) is 19.4. The first-order valence-electron chi connectivity index (χ1n) is 9.62. The van der Waals surface area contributed by atoms with Crippen molar-refractivity contribution in [3.63, 3.8) is 0 Å². The van der Waals surface area contributed by atoms with E-state index in [0.717, 1.165) is 5.57 Å². The molecule has 0 saturated heterocycles.